The number of benzene rings is 2. The fraction of sp³-hybridized carbons (Fsp3) is 0.125. The van der Waals surface area contributed by atoms with Gasteiger partial charge in [0.2, 0.25) is 5.91 Å². The number of aryl methyl sites for hydroxylation is 1. The molecule has 4 heteroatoms. The second-order valence-electron chi connectivity index (χ2n) is 4.45. The predicted molar refractivity (Wildman–Crippen MR) is 84.8 cm³/mol. The minimum absolute atomic E-state index is 0.128. The Morgan fingerprint density at radius 2 is 1.90 bits per heavy atom. The summed E-state index contributed by atoms with van der Waals surface area (Å²) in [5.41, 5.74) is 5.62. The molecule has 0 spiro atoms. The number of nitrogens with one attached hydrogen (secondary N) is 1. The molecule has 20 heavy (non-hydrogen) atoms. The molecule has 1 amide bonds. The number of amides is 1. The first-order chi connectivity index (χ1) is 9.65. The number of nitrogens with zero attached hydrogens (tertiary/aromatic N) is 1. The lowest BCUT2D eigenvalue weighted by Crippen LogP contribution is -2.19. The zero-order chi connectivity index (χ0) is 14.4. The molecule has 0 atom stereocenters. The van der Waals surface area contributed by atoms with Gasteiger partial charge in [0.05, 0.1) is 12.6 Å². The maximum Gasteiger partial charge on any atom is 0.244 e. The van der Waals surface area contributed by atoms with E-state index in [1.807, 2.05) is 55.5 Å². The average molecular weight is 331 g/mol. The molecule has 0 aliphatic rings. The Balaban J connectivity index is 1.89. The Morgan fingerprint density at radius 1 is 1.20 bits per heavy atom. The van der Waals surface area contributed by atoms with Gasteiger partial charge in [-0.15, -0.1) is 0 Å². The van der Waals surface area contributed by atoms with Gasteiger partial charge in [-0.25, -0.2) is 5.43 Å². The summed E-state index contributed by atoms with van der Waals surface area (Å²) >= 11 is 3.36. The van der Waals surface area contributed by atoms with Crippen molar-refractivity contribution < 1.29 is 4.79 Å². The summed E-state index contributed by atoms with van der Waals surface area (Å²) in [5, 5.41) is 3.98. The van der Waals surface area contributed by atoms with Gasteiger partial charge in [0.25, 0.3) is 0 Å². The van der Waals surface area contributed by atoms with E-state index in [1.165, 1.54) is 0 Å². The van der Waals surface area contributed by atoms with Crippen molar-refractivity contribution in [3.63, 3.8) is 0 Å². The highest BCUT2D eigenvalue weighted by molar-refractivity contribution is 9.10. The summed E-state index contributed by atoms with van der Waals surface area (Å²) in [6.45, 7) is 2.00. The summed E-state index contributed by atoms with van der Waals surface area (Å²) < 4.78 is 0.999. The molecular formula is C16H15BrN2O. The van der Waals surface area contributed by atoms with Crippen molar-refractivity contribution >= 4 is 28.1 Å². The third-order valence-corrected chi connectivity index (χ3v) is 3.39. The molecular weight excluding hydrogens is 316 g/mol. The van der Waals surface area contributed by atoms with E-state index in [0.717, 1.165) is 21.2 Å². The maximum atomic E-state index is 11.7. The van der Waals surface area contributed by atoms with Crippen LogP contribution in [-0.4, -0.2) is 12.1 Å². The zero-order valence-electron chi connectivity index (χ0n) is 11.1. The number of carbonyl (C=O) groups is 1. The van der Waals surface area contributed by atoms with Crippen molar-refractivity contribution in [3.8, 4) is 0 Å². The number of carbonyl (C=O) groups excluding carboxylic acids is 1. The summed E-state index contributed by atoms with van der Waals surface area (Å²) in [6.07, 6.45) is 1.98. The Morgan fingerprint density at radius 3 is 2.60 bits per heavy atom. The van der Waals surface area contributed by atoms with Crippen LogP contribution in [0, 0.1) is 6.92 Å². The average Bonchev–Trinajstić information content (AvgIpc) is 2.43. The number of hydrogen-bond donors (Lipinski definition) is 1. The summed E-state index contributed by atoms with van der Waals surface area (Å²) in [6, 6.07) is 15.5. The molecule has 3 nitrogen and oxygen atoms in total. The van der Waals surface area contributed by atoms with Gasteiger partial charge in [0, 0.05) is 4.47 Å². The first-order valence-corrected chi connectivity index (χ1v) is 7.06. The molecule has 2 rings (SSSR count). The number of rotatable bonds is 4. The van der Waals surface area contributed by atoms with E-state index >= 15 is 0 Å². The van der Waals surface area contributed by atoms with Crippen LogP contribution in [0.25, 0.3) is 0 Å². The summed E-state index contributed by atoms with van der Waals surface area (Å²) in [4.78, 5) is 11.7. The van der Waals surface area contributed by atoms with Gasteiger partial charge in [-0.3, -0.25) is 4.79 Å². The van der Waals surface area contributed by atoms with Crippen LogP contribution in [0.2, 0.25) is 0 Å². The van der Waals surface area contributed by atoms with Crippen molar-refractivity contribution in [2.45, 2.75) is 13.3 Å². The smallest absolute Gasteiger partial charge is 0.244 e. The van der Waals surface area contributed by atoms with Crippen molar-refractivity contribution in [3.05, 3.63) is 69.7 Å². The Bertz CT molecular complexity index is 621. The van der Waals surface area contributed by atoms with Crippen molar-refractivity contribution in [2.24, 2.45) is 5.10 Å². The lowest BCUT2D eigenvalue weighted by Gasteiger charge is -2.01. The first kappa shape index (κ1) is 14.5. The lowest BCUT2D eigenvalue weighted by atomic mass is 10.1. The van der Waals surface area contributed by atoms with E-state index < -0.39 is 0 Å². The standard InChI is InChI=1S/C16H15BrN2O/c1-12-4-2-3-5-14(12)11-18-19-16(20)10-13-6-8-15(17)9-7-13/h2-9,11H,10H2,1H3,(H,19,20)/b18-11+. The van der Waals surface area contributed by atoms with Crippen LogP contribution < -0.4 is 5.43 Å². The third kappa shape index (κ3) is 4.31. The van der Waals surface area contributed by atoms with Gasteiger partial charge >= 0.3 is 0 Å². The molecule has 102 valence electrons. The lowest BCUT2D eigenvalue weighted by molar-refractivity contribution is -0.120. The zero-order valence-corrected chi connectivity index (χ0v) is 12.7. The Labute approximate surface area is 126 Å². The molecule has 0 saturated heterocycles. The Kier molecular flexibility index (Phi) is 5.07. The van der Waals surface area contributed by atoms with Gasteiger partial charge in [0.1, 0.15) is 0 Å². The molecule has 1 N–H and O–H groups in total. The van der Waals surface area contributed by atoms with Crippen LogP contribution >= 0.6 is 15.9 Å². The van der Waals surface area contributed by atoms with E-state index in [9.17, 15) is 4.79 Å². The minimum atomic E-state index is -0.128. The highest BCUT2D eigenvalue weighted by Crippen LogP contribution is 2.10. The summed E-state index contributed by atoms with van der Waals surface area (Å²) in [5.74, 6) is -0.128. The largest absolute Gasteiger partial charge is 0.273 e. The molecule has 0 aliphatic carbocycles. The van der Waals surface area contributed by atoms with E-state index in [0.29, 0.717) is 6.42 Å². The van der Waals surface area contributed by atoms with Crippen LogP contribution in [0.4, 0.5) is 0 Å². The number of halogens is 1. The van der Waals surface area contributed by atoms with Crippen LogP contribution in [0.15, 0.2) is 58.1 Å². The van der Waals surface area contributed by atoms with E-state index in [1.54, 1.807) is 6.21 Å². The molecule has 0 aromatic heterocycles. The second-order valence-corrected chi connectivity index (χ2v) is 5.37. The molecule has 0 unspecified atom stereocenters. The molecule has 0 aliphatic heterocycles. The normalized spacial score (nSPS) is 10.7. The molecule has 0 bridgehead atoms. The number of hydrazone groups is 1. The number of hydrogen-bond acceptors (Lipinski definition) is 2. The van der Waals surface area contributed by atoms with Crippen molar-refractivity contribution in [1.29, 1.82) is 0 Å². The summed E-state index contributed by atoms with van der Waals surface area (Å²) in [7, 11) is 0. The molecule has 0 radical (unpaired) electrons. The van der Waals surface area contributed by atoms with Crippen LogP contribution in [-0.2, 0) is 11.2 Å². The minimum Gasteiger partial charge on any atom is -0.273 e. The van der Waals surface area contributed by atoms with Crippen molar-refractivity contribution in [1.82, 2.24) is 5.43 Å². The highest BCUT2D eigenvalue weighted by Gasteiger charge is 2.01. The maximum absolute atomic E-state index is 11.7. The van der Waals surface area contributed by atoms with E-state index in [-0.39, 0.29) is 5.91 Å². The van der Waals surface area contributed by atoms with Gasteiger partial charge in [0.15, 0.2) is 0 Å². The fourth-order valence-electron chi connectivity index (χ4n) is 1.73. The first-order valence-electron chi connectivity index (χ1n) is 6.27. The van der Waals surface area contributed by atoms with Crippen molar-refractivity contribution in [2.75, 3.05) is 0 Å². The van der Waals surface area contributed by atoms with Crippen LogP contribution in [0.5, 0.6) is 0 Å². The van der Waals surface area contributed by atoms with Gasteiger partial charge < -0.3 is 0 Å². The molecule has 0 saturated carbocycles. The Hall–Kier alpha value is -1.94. The molecule has 2 aromatic rings. The second kappa shape index (κ2) is 7.01. The van der Waals surface area contributed by atoms with Gasteiger partial charge in [-0.05, 0) is 35.7 Å². The van der Waals surface area contributed by atoms with Crippen LogP contribution in [0.1, 0.15) is 16.7 Å². The molecule has 2 aromatic carbocycles. The highest BCUT2D eigenvalue weighted by atomic mass is 79.9. The van der Waals surface area contributed by atoms with Gasteiger partial charge in [-0.1, -0.05) is 52.3 Å². The SMILES string of the molecule is Cc1ccccc1/C=N/NC(=O)Cc1ccc(Br)cc1. The van der Waals surface area contributed by atoms with Crippen LogP contribution in [0.3, 0.4) is 0 Å². The van der Waals surface area contributed by atoms with Gasteiger partial charge in [-0.2, -0.15) is 5.10 Å². The van der Waals surface area contributed by atoms with E-state index in [2.05, 4.69) is 26.5 Å². The fourth-order valence-corrected chi connectivity index (χ4v) is 2.00. The molecule has 0 fully saturated rings. The van der Waals surface area contributed by atoms with E-state index in [4.69, 9.17) is 0 Å². The molecule has 0 heterocycles. The quantitative estimate of drug-likeness (QED) is 0.677. The predicted octanol–water partition coefficient (Wildman–Crippen LogP) is 3.45. The topological polar surface area (TPSA) is 41.5 Å². The third-order valence-electron chi connectivity index (χ3n) is 2.86. The monoisotopic (exact) mass is 330 g/mol.